The van der Waals surface area contributed by atoms with E-state index in [1.807, 2.05) is 17.5 Å². The molecule has 1 aliphatic carbocycles. The molecule has 1 saturated carbocycles. The van der Waals surface area contributed by atoms with Crippen molar-refractivity contribution in [2.24, 2.45) is 5.92 Å². The zero-order chi connectivity index (χ0) is 14.7. The van der Waals surface area contributed by atoms with Gasteiger partial charge in [-0.25, -0.2) is 0 Å². The summed E-state index contributed by atoms with van der Waals surface area (Å²) >= 11 is 1.62. The first kappa shape index (κ1) is 13.8. The summed E-state index contributed by atoms with van der Waals surface area (Å²) in [4.78, 5) is 24.8. The molecule has 4 nitrogen and oxygen atoms in total. The molecule has 0 aliphatic heterocycles. The van der Waals surface area contributed by atoms with E-state index in [-0.39, 0.29) is 17.7 Å². The highest BCUT2D eigenvalue weighted by Crippen LogP contribution is 2.30. The van der Waals surface area contributed by atoms with Gasteiger partial charge in [0.2, 0.25) is 5.91 Å². The van der Waals surface area contributed by atoms with Gasteiger partial charge in [-0.2, -0.15) is 0 Å². The van der Waals surface area contributed by atoms with Crippen molar-refractivity contribution in [3.63, 3.8) is 0 Å². The fourth-order valence-electron chi connectivity index (χ4n) is 1.98. The molecule has 1 aliphatic rings. The standard InChI is InChI=1S/C16H16N2O2S/c19-15(17-10-14-2-1-9-21-14)11-5-7-13(8-6-11)18-16(20)12-3-4-12/h1-2,5-9,12H,3-4,10H2,(H,17,19)(H,18,20). The van der Waals surface area contributed by atoms with Crippen LogP contribution in [0.2, 0.25) is 0 Å². The minimum atomic E-state index is -0.108. The topological polar surface area (TPSA) is 58.2 Å². The van der Waals surface area contributed by atoms with Gasteiger partial charge in [0.25, 0.3) is 5.91 Å². The summed E-state index contributed by atoms with van der Waals surface area (Å²) in [6.45, 7) is 0.538. The zero-order valence-electron chi connectivity index (χ0n) is 11.5. The lowest BCUT2D eigenvalue weighted by molar-refractivity contribution is -0.117. The first-order valence-electron chi connectivity index (χ1n) is 6.94. The van der Waals surface area contributed by atoms with E-state index in [4.69, 9.17) is 0 Å². The van der Waals surface area contributed by atoms with Crippen LogP contribution < -0.4 is 10.6 Å². The third kappa shape index (κ3) is 3.70. The van der Waals surface area contributed by atoms with Gasteiger partial charge in [0.15, 0.2) is 0 Å². The number of anilines is 1. The zero-order valence-corrected chi connectivity index (χ0v) is 12.3. The smallest absolute Gasteiger partial charge is 0.251 e. The van der Waals surface area contributed by atoms with Crippen LogP contribution in [0, 0.1) is 5.92 Å². The molecule has 1 fully saturated rings. The van der Waals surface area contributed by atoms with E-state index in [0.29, 0.717) is 12.1 Å². The fourth-order valence-corrected chi connectivity index (χ4v) is 2.62. The molecular weight excluding hydrogens is 284 g/mol. The fraction of sp³-hybridized carbons (Fsp3) is 0.250. The predicted molar refractivity (Wildman–Crippen MR) is 83.3 cm³/mol. The van der Waals surface area contributed by atoms with Crippen LogP contribution in [0.3, 0.4) is 0 Å². The van der Waals surface area contributed by atoms with Crippen LogP contribution in [0.25, 0.3) is 0 Å². The van der Waals surface area contributed by atoms with Gasteiger partial charge in [-0.05, 0) is 48.6 Å². The van der Waals surface area contributed by atoms with Crippen molar-refractivity contribution in [3.8, 4) is 0 Å². The van der Waals surface area contributed by atoms with E-state index in [1.165, 1.54) is 0 Å². The summed E-state index contributed by atoms with van der Waals surface area (Å²) in [5, 5.41) is 7.71. The van der Waals surface area contributed by atoms with Crippen molar-refractivity contribution in [3.05, 3.63) is 52.2 Å². The number of benzene rings is 1. The Morgan fingerprint density at radius 3 is 2.52 bits per heavy atom. The summed E-state index contributed by atoms with van der Waals surface area (Å²) in [6, 6.07) is 10.9. The van der Waals surface area contributed by atoms with Crippen molar-refractivity contribution in [1.29, 1.82) is 0 Å². The molecule has 1 aromatic carbocycles. The molecule has 21 heavy (non-hydrogen) atoms. The Kier molecular flexibility index (Phi) is 4.01. The van der Waals surface area contributed by atoms with Gasteiger partial charge in [0, 0.05) is 22.0 Å². The summed E-state index contributed by atoms with van der Waals surface area (Å²) in [5.41, 5.74) is 1.33. The highest BCUT2D eigenvalue weighted by molar-refractivity contribution is 7.09. The average Bonchev–Trinajstić information content (AvgIpc) is 3.23. The molecule has 1 aromatic heterocycles. The molecule has 0 saturated heterocycles. The number of nitrogens with one attached hydrogen (secondary N) is 2. The van der Waals surface area contributed by atoms with Crippen molar-refractivity contribution in [2.45, 2.75) is 19.4 Å². The van der Waals surface area contributed by atoms with Gasteiger partial charge in [-0.1, -0.05) is 6.07 Å². The number of thiophene rings is 1. The Balaban J connectivity index is 1.55. The lowest BCUT2D eigenvalue weighted by Crippen LogP contribution is -2.22. The second kappa shape index (κ2) is 6.10. The van der Waals surface area contributed by atoms with Crippen LogP contribution in [-0.2, 0) is 11.3 Å². The van der Waals surface area contributed by atoms with Gasteiger partial charge in [0.05, 0.1) is 6.54 Å². The molecule has 0 spiro atoms. The van der Waals surface area contributed by atoms with Gasteiger partial charge in [-0.15, -0.1) is 11.3 Å². The summed E-state index contributed by atoms with van der Waals surface area (Å²) in [7, 11) is 0. The normalized spacial score (nSPS) is 13.7. The van der Waals surface area contributed by atoms with Crippen molar-refractivity contribution in [1.82, 2.24) is 5.32 Å². The number of carbonyl (C=O) groups excluding carboxylic acids is 2. The van der Waals surface area contributed by atoms with Crippen LogP contribution in [-0.4, -0.2) is 11.8 Å². The minimum absolute atomic E-state index is 0.0740. The van der Waals surface area contributed by atoms with Crippen LogP contribution in [0.15, 0.2) is 41.8 Å². The summed E-state index contributed by atoms with van der Waals surface area (Å²) in [6.07, 6.45) is 1.96. The maximum atomic E-state index is 12.0. The third-order valence-corrected chi connectivity index (χ3v) is 4.24. The highest BCUT2D eigenvalue weighted by Gasteiger charge is 2.29. The number of hydrogen-bond donors (Lipinski definition) is 2. The van der Waals surface area contributed by atoms with Crippen LogP contribution in [0.1, 0.15) is 28.1 Å². The molecule has 0 bridgehead atoms. The lowest BCUT2D eigenvalue weighted by Gasteiger charge is -2.06. The molecule has 5 heteroatoms. The number of carbonyl (C=O) groups is 2. The molecule has 0 atom stereocenters. The van der Waals surface area contributed by atoms with Crippen LogP contribution in [0.4, 0.5) is 5.69 Å². The second-order valence-electron chi connectivity index (χ2n) is 5.10. The Labute approximate surface area is 127 Å². The van der Waals surface area contributed by atoms with Gasteiger partial charge < -0.3 is 10.6 Å². The molecule has 108 valence electrons. The Hall–Kier alpha value is -2.14. The maximum absolute atomic E-state index is 12.0. The molecule has 0 unspecified atom stereocenters. The second-order valence-corrected chi connectivity index (χ2v) is 6.14. The molecular formula is C16H16N2O2S. The predicted octanol–water partition coefficient (Wildman–Crippen LogP) is 3.03. The third-order valence-electron chi connectivity index (χ3n) is 3.37. The maximum Gasteiger partial charge on any atom is 0.251 e. The molecule has 3 rings (SSSR count). The average molecular weight is 300 g/mol. The lowest BCUT2D eigenvalue weighted by atomic mass is 10.2. The molecule has 2 N–H and O–H groups in total. The Bertz CT molecular complexity index is 631. The summed E-state index contributed by atoms with van der Waals surface area (Å²) < 4.78 is 0. The highest BCUT2D eigenvalue weighted by atomic mass is 32.1. The van der Waals surface area contributed by atoms with Crippen molar-refractivity contribution < 1.29 is 9.59 Å². The van der Waals surface area contributed by atoms with E-state index in [0.717, 1.165) is 23.4 Å². The molecule has 2 amide bonds. The first-order chi connectivity index (χ1) is 10.2. The number of hydrogen-bond acceptors (Lipinski definition) is 3. The molecule has 2 aromatic rings. The molecule has 0 radical (unpaired) electrons. The minimum Gasteiger partial charge on any atom is -0.347 e. The Morgan fingerprint density at radius 2 is 1.90 bits per heavy atom. The number of rotatable bonds is 5. The number of amides is 2. The SMILES string of the molecule is O=C(NCc1cccs1)c1ccc(NC(=O)C2CC2)cc1. The monoisotopic (exact) mass is 300 g/mol. The van der Waals surface area contributed by atoms with Gasteiger partial charge in [0.1, 0.15) is 0 Å². The van der Waals surface area contributed by atoms with E-state index < -0.39 is 0 Å². The molecule has 1 heterocycles. The van der Waals surface area contributed by atoms with Gasteiger partial charge >= 0.3 is 0 Å². The van der Waals surface area contributed by atoms with Crippen molar-refractivity contribution in [2.75, 3.05) is 5.32 Å². The van der Waals surface area contributed by atoms with Crippen LogP contribution in [0.5, 0.6) is 0 Å². The van der Waals surface area contributed by atoms with E-state index >= 15 is 0 Å². The van der Waals surface area contributed by atoms with E-state index in [1.54, 1.807) is 35.6 Å². The van der Waals surface area contributed by atoms with E-state index in [2.05, 4.69) is 10.6 Å². The summed E-state index contributed by atoms with van der Waals surface area (Å²) in [5.74, 6) is 0.145. The van der Waals surface area contributed by atoms with E-state index in [9.17, 15) is 9.59 Å². The van der Waals surface area contributed by atoms with Crippen LogP contribution >= 0.6 is 11.3 Å². The largest absolute Gasteiger partial charge is 0.347 e. The van der Waals surface area contributed by atoms with Gasteiger partial charge in [-0.3, -0.25) is 9.59 Å². The quantitative estimate of drug-likeness (QED) is 0.891. The first-order valence-corrected chi connectivity index (χ1v) is 7.82. The van der Waals surface area contributed by atoms with Crippen molar-refractivity contribution >= 4 is 28.8 Å². The Morgan fingerprint density at radius 1 is 1.14 bits per heavy atom.